The minimum Gasteiger partial charge on any atom is -0.457 e. The van der Waals surface area contributed by atoms with E-state index in [1.807, 2.05) is 18.2 Å². The van der Waals surface area contributed by atoms with Gasteiger partial charge in [0.25, 0.3) is 0 Å². The number of ether oxygens (including phenoxy) is 1. The SMILES string of the molecule is CC(C)c1ccc(C(=O)COC(=O)CCNS(=O)(=O)/C=C/c2ccccc2)cc1. The quantitative estimate of drug-likeness (QED) is 0.474. The lowest BCUT2D eigenvalue weighted by atomic mass is 10.0. The number of benzene rings is 2. The summed E-state index contributed by atoms with van der Waals surface area (Å²) in [7, 11) is -3.67. The average Bonchev–Trinajstić information content (AvgIpc) is 2.71. The van der Waals surface area contributed by atoms with Crippen LogP contribution in [0.15, 0.2) is 60.0 Å². The second-order valence-electron chi connectivity index (χ2n) is 6.76. The second kappa shape index (κ2) is 10.7. The number of nitrogens with one attached hydrogen (secondary N) is 1. The number of ketones is 1. The summed E-state index contributed by atoms with van der Waals surface area (Å²) >= 11 is 0. The molecule has 7 heteroatoms. The Morgan fingerprint density at radius 2 is 1.69 bits per heavy atom. The van der Waals surface area contributed by atoms with Gasteiger partial charge >= 0.3 is 5.97 Å². The normalized spacial score (nSPS) is 11.7. The fraction of sp³-hybridized carbons (Fsp3) is 0.273. The van der Waals surface area contributed by atoms with Crippen molar-refractivity contribution in [1.29, 1.82) is 0 Å². The number of carbonyl (C=O) groups excluding carboxylic acids is 2. The van der Waals surface area contributed by atoms with Gasteiger partial charge in [0.15, 0.2) is 12.4 Å². The van der Waals surface area contributed by atoms with E-state index >= 15 is 0 Å². The monoisotopic (exact) mass is 415 g/mol. The van der Waals surface area contributed by atoms with Gasteiger partial charge in [-0.15, -0.1) is 0 Å². The van der Waals surface area contributed by atoms with Crippen molar-refractivity contribution in [2.45, 2.75) is 26.2 Å². The maximum Gasteiger partial charge on any atom is 0.307 e. The highest BCUT2D eigenvalue weighted by atomic mass is 32.2. The first kappa shape index (κ1) is 22.5. The predicted molar refractivity (Wildman–Crippen MR) is 113 cm³/mol. The lowest BCUT2D eigenvalue weighted by molar-refractivity contribution is -0.142. The van der Waals surface area contributed by atoms with Crippen LogP contribution < -0.4 is 4.72 Å². The Bertz CT molecular complexity index is 948. The van der Waals surface area contributed by atoms with E-state index < -0.39 is 16.0 Å². The Morgan fingerprint density at radius 3 is 2.31 bits per heavy atom. The Labute approximate surface area is 171 Å². The number of Topliss-reactive ketones (excluding diaryl/α,β-unsaturated/α-hetero) is 1. The van der Waals surface area contributed by atoms with Gasteiger partial charge in [-0.05, 0) is 23.1 Å². The largest absolute Gasteiger partial charge is 0.457 e. The molecular weight excluding hydrogens is 390 g/mol. The molecule has 1 N–H and O–H groups in total. The summed E-state index contributed by atoms with van der Waals surface area (Å²) in [6, 6.07) is 16.1. The van der Waals surface area contributed by atoms with Crippen LogP contribution in [0.1, 0.15) is 47.7 Å². The summed E-state index contributed by atoms with van der Waals surface area (Å²) in [6.45, 7) is 3.63. The number of carbonyl (C=O) groups is 2. The van der Waals surface area contributed by atoms with Crippen LogP contribution in [0.25, 0.3) is 6.08 Å². The lowest BCUT2D eigenvalue weighted by Crippen LogP contribution is -2.25. The Kier molecular flexibility index (Phi) is 8.30. The molecule has 0 spiro atoms. The molecule has 6 nitrogen and oxygen atoms in total. The molecule has 2 rings (SSSR count). The van der Waals surface area contributed by atoms with Crippen LogP contribution in [0.5, 0.6) is 0 Å². The number of hydrogen-bond donors (Lipinski definition) is 1. The highest BCUT2D eigenvalue weighted by Gasteiger charge is 2.12. The number of esters is 1. The molecule has 0 aliphatic heterocycles. The van der Waals surface area contributed by atoms with Gasteiger partial charge in [0, 0.05) is 17.5 Å². The van der Waals surface area contributed by atoms with Crippen molar-refractivity contribution in [2.75, 3.05) is 13.2 Å². The smallest absolute Gasteiger partial charge is 0.307 e. The van der Waals surface area contributed by atoms with Crippen molar-refractivity contribution >= 4 is 27.9 Å². The first-order valence-corrected chi connectivity index (χ1v) is 10.8. The van der Waals surface area contributed by atoms with Gasteiger partial charge in [0.05, 0.1) is 6.42 Å². The summed E-state index contributed by atoms with van der Waals surface area (Å²) in [5.41, 5.74) is 2.33. The minimum atomic E-state index is -3.67. The van der Waals surface area contributed by atoms with Crippen LogP contribution in [0.2, 0.25) is 0 Å². The van der Waals surface area contributed by atoms with E-state index in [1.54, 1.807) is 36.4 Å². The van der Waals surface area contributed by atoms with Crippen LogP contribution in [-0.2, 0) is 19.6 Å². The molecule has 29 heavy (non-hydrogen) atoms. The van der Waals surface area contributed by atoms with Gasteiger partial charge in [-0.25, -0.2) is 13.1 Å². The zero-order valence-corrected chi connectivity index (χ0v) is 17.3. The second-order valence-corrected chi connectivity index (χ2v) is 8.41. The summed E-state index contributed by atoms with van der Waals surface area (Å²) in [4.78, 5) is 23.8. The van der Waals surface area contributed by atoms with E-state index in [2.05, 4.69) is 18.6 Å². The van der Waals surface area contributed by atoms with E-state index in [0.717, 1.165) is 16.5 Å². The Morgan fingerprint density at radius 1 is 1.03 bits per heavy atom. The maximum absolute atomic E-state index is 12.1. The number of hydrogen-bond acceptors (Lipinski definition) is 5. The van der Waals surface area contributed by atoms with Crippen LogP contribution in [0.3, 0.4) is 0 Å². The molecule has 0 saturated carbocycles. The molecule has 0 atom stereocenters. The molecule has 0 saturated heterocycles. The molecule has 0 unspecified atom stereocenters. The average molecular weight is 416 g/mol. The van der Waals surface area contributed by atoms with Crippen LogP contribution in [-0.4, -0.2) is 33.3 Å². The van der Waals surface area contributed by atoms with Gasteiger partial charge in [0.1, 0.15) is 0 Å². The topological polar surface area (TPSA) is 89.5 Å². The summed E-state index contributed by atoms with van der Waals surface area (Å²) < 4.78 is 31.0. The van der Waals surface area contributed by atoms with Crippen LogP contribution in [0.4, 0.5) is 0 Å². The molecule has 0 aliphatic rings. The molecular formula is C22H25NO5S. The van der Waals surface area contributed by atoms with Crippen molar-refractivity contribution in [3.8, 4) is 0 Å². The first-order valence-electron chi connectivity index (χ1n) is 9.28. The summed E-state index contributed by atoms with van der Waals surface area (Å²) in [5, 5.41) is 1.04. The van der Waals surface area contributed by atoms with Crippen molar-refractivity contribution in [3.63, 3.8) is 0 Å². The highest BCUT2D eigenvalue weighted by molar-refractivity contribution is 7.92. The maximum atomic E-state index is 12.1. The van der Waals surface area contributed by atoms with Crippen molar-refractivity contribution in [3.05, 3.63) is 76.7 Å². The zero-order valence-electron chi connectivity index (χ0n) is 16.5. The predicted octanol–water partition coefficient (Wildman–Crippen LogP) is 3.52. The highest BCUT2D eigenvalue weighted by Crippen LogP contribution is 2.15. The third kappa shape index (κ3) is 8.01. The third-order valence-corrected chi connectivity index (χ3v) is 5.24. The van der Waals surface area contributed by atoms with E-state index in [1.165, 1.54) is 6.08 Å². The zero-order chi connectivity index (χ0) is 21.3. The van der Waals surface area contributed by atoms with Gasteiger partial charge in [-0.3, -0.25) is 9.59 Å². The summed E-state index contributed by atoms with van der Waals surface area (Å²) in [5.74, 6) is -0.588. The molecule has 0 amide bonds. The van der Waals surface area contributed by atoms with Crippen molar-refractivity contribution < 1.29 is 22.7 Å². The minimum absolute atomic E-state index is 0.114. The molecule has 0 radical (unpaired) electrons. The number of rotatable bonds is 10. The first-order chi connectivity index (χ1) is 13.8. The van der Waals surface area contributed by atoms with Gasteiger partial charge < -0.3 is 4.74 Å². The molecule has 0 aliphatic carbocycles. The van der Waals surface area contributed by atoms with E-state index in [0.29, 0.717) is 11.5 Å². The molecule has 2 aromatic carbocycles. The van der Waals surface area contributed by atoms with Crippen LogP contribution >= 0.6 is 0 Å². The molecule has 0 aromatic heterocycles. The fourth-order valence-corrected chi connectivity index (χ4v) is 3.25. The lowest BCUT2D eigenvalue weighted by Gasteiger charge is -2.07. The molecule has 0 bridgehead atoms. The fourth-order valence-electron chi connectivity index (χ4n) is 2.43. The van der Waals surface area contributed by atoms with Gasteiger partial charge in [-0.2, -0.15) is 0 Å². The molecule has 154 valence electrons. The third-order valence-electron chi connectivity index (χ3n) is 4.14. The van der Waals surface area contributed by atoms with E-state index in [9.17, 15) is 18.0 Å². The summed E-state index contributed by atoms with van der Waals surface area (Å²) in [6.07, 6.45) is 1.29. The van der Waals surface area contributed by atoms with Crippen molar-refractivity contribution in [1.82, 2.24) is 4.72 Å². The van der Waals surface area contributed by atoms with Gasteiger partial charge in [-0.1, -0.05) is 68.4 Å². The molecule has 0 heterocycles. The van der Waals surface area contributed by atoms with Gasteiger partial charge in [0.2, 0.25) is 10.0 Å². The standard InChI is InChI=1S/C22H25NO5S/c1-17(2)19-8-10-20(11-9-19)21(24)16-28-22(25)12-14-23-29(26,27)15-13-18-6-4-3-5-7-18/h3-11,13,15,17,23H,12,14,16H2,1-2H3/b15-13+. The number of sulfonamides is 1. The van der Waals surface area contributed by atoms with Crippen LogP contribution in [0, 0.1) is 0 Å². The molecule has 0 fully saturated rings. The van der Waals surface area contributed by atoms with E-state index in [4.69, 9.17) is 4.74 Å². The Hall–Kier alpha value is -2.77. The van der Waals surface area contributed by atoms with Crippen molar-refractivity contribution in [2.24, 2.45) is 0 Å². The molecule has 2 aromatic rings. The van der Waals surface area contributed by atoms with E-state index in [-0.39, 0.29) is 25.4 Å². The Balaban J connectivity index is 1.73.